The molecule has 0 aliphatic heterocycles. The van der Waals surface area contributed by atoms with Gasteiger partial charge in [0.2, 0.25) is 0 Å². The van der Waals surface area contributed by atoms with Crippen LogP contribution in [0.2, 0.25) is 0 Å². The number of hydrogen-bond donors (Lipinski definition) is 3. The third-order valence-corrected chi connectivity index (χ3v) is 4.62. The molecular weight excluding hydrogens is 318 g/mol. The topological polar surface area (TPSA) is 90.8 Å². The summed E-state index contributed by atoms with van der Waals surface area (Å²) in [4.78, 5) is 23.1. The van der Waals surface area contributed by atoms with Gasteiger partial charge in [0.1, 0.15) is 5.75 Å². The van der Waals surface area contributed by atoms with Gasteiger partial charge in [-0.25, -0.2) is 4.79 Å². The first kappa shape index (κ1) is 17.0. The van der Waals surface area contributed by atoms with Gasteiger partial charge in [-0.2, -0.15) is 4.91 Å². The van der Waals surface area contributed by atoms with Crippen LogP contribution in [0.5, 0.6) is 5.75 Å². The number of carbonyl (C=O) groups is 1. The Morgan fingerprint density at radius 1 is 1.32 bits per heavy atom. The summed E-state index contributed by atoms with van der Waals surface area (Å²) in [6.07, 6.45) is 2.12. The number of benzene rings is 2. The Morgan fingerprint density at radius 2 is 2.16 bits per heavy atom. The molecule has 0 spiro atoms. The summed E-state index contributed by atoms with van der Waals surface area (Å²) < 4.78 is 0. The minimum atomic E-state index is -0.304. The van der Waals surface area contributed by atoms with Gasteiger partial charge in [-0.05, 0) is 60.2 Å². The van der Waals surface area contributed by atoms with E-state index < -0.39 is 0 Å². The number of fused-ring (bicyclic) bond motifs is 1. The highest BCUT2D eigenvalue weighted by molar-refractivity contribution is 5.90. The fraction of sp³-hybridized carbons (Fsp3) is 0.316. The van der Waals surface area contributed by atoms with E-state index in [1.54, 1.807) is 18.2 Å². The number of phenols is 1. The highest BCUT2D eigenvalue weighted by atomic mass is 16.3. The Hall–Kier alpha value is -2.89. The van der Waals surface area contributed by atoms with Crippen molar-refractivity contribution >= 4 is 11.7 Å². The lowest BCUT2D eigenvalue weighted by Gasteiger charge is -2.22. The molecule has 2 aromatic rings. The average molecular weight is 339 g/mol. The quantitative estimate of drug-likeness (QED) is 0.743. The molecule has 3 N–H and O–H groups in total. The zero-order valence-electron chi connectivity index (χ0n) is 14.1. The maximum Gasteiger partial charge on any atom is 0.319 e. The number of nitrogens with one attached hydrogen (secondary N) is 2. The van der Waals surface area contributed by atoms with Gasteiger partial charge in [0, 0.05) is 18.7 Å². The van der Waals surface area contributed by atoms with E-state index in [0.717, 1.165) is 40.8 Å². The molecule has 0 saturated heterocycles. The fourth-order valence-corrected chi connectivity index (χ4v) is 3.20. The minimum Gasteiger partial charge on any atom is -0.508 e. The lowest BCUT2D eigenvalue weighted by atomic mass is 9.87. The number of urea groups is 1. The van der Waals surface area contributed by atoms with Crippen molar-refractivity contribution in [1.82, 2.24) is 5.32 Å². The number of anilines is 1. The summed E-state index contributed by atoms with van der Waals surface area (Å²) >= 11 is 0. The van der Waals surface area contributed by atoms with E-state index in [0.29, 0.717) is 13.0 Å². The molecule has 2 aromatic carbocycles. The van der Waals surface area contributed by atoms with E-state index >= 15 is 0 Å². The number of nitrogens with zero attached hydrogens (tertiary/aromatic N) is 1. The second-order valence-corrected chi connectivity index (χ2v) is 6.36. The monoisotopic (exact) mass is 339 g/mol. The fourth-order valence-electron chi connectivity index (χ4n) is 3.20. The lowest BCUT2D eigenvalue weighted by molar-refractivity contribution is 0.251. The Kier molecular flexibility index (Phi) is 4.97. The molecule has 3 rings (SSSR count). The summed E-state index contributed by atoms with van der Waals surface area (Å²) in [5.41, 5.74) is 4.73. The van der Waals surface area contributed by atoms with Crippen molar-refractivity contribution in [3.63, 3.8) is 0 Å². The normalized spacial score (nSPS) is 16.0. The van der Waals surface area contributed by atoms with Crippen LogP contribution >= 0.6 is 0 Å². The van der Waals surface area contributed by atoms with Gasteiger partial charge in [0.25, 0.3) is 0 Å². The first-order valence-electron chi connectivity index (χ1n) is 8.33. The number of hydrogen-bond acceptors (Lipinski definition) is 4. The van der Waals surface area contributed by atoms with E-state index in [4.69, 9.17) is 0 Å². The van der Waals surface area contributed by atoms with Crippen molar-refractivity contribution < 1.29 is 9.90 Å². The molecule has 1 aliphatic carbocycles. The molecule has 0 saturated carbocycles. The molecule has 1 unspecified atom stereocenters. The van der Waals surface area contributed by atoms with Gasteiger partial charge in [-0.3, -0.25) is 0 Å². The van der Waals surface area contributed by atoms with Crippen LogP contribution in [0.4, 0.5) is 10.5 Å². The van der Waals surface area contributed by atoms with Gasteiger partial charge >= 0.3 is 6.03 Å². The molecule has 0 bridgehead atoms. The number of rotatable bonds is 4. The van der Waals surface area contributed by atoms with E-state index in [-0.39, 0.29) is 17.8 Å². The van der Waals surface area contributed by atoms with Crippen molar-refractivity contribution in [3.05, 3.63) is 63.6 Å². The van der Waals surface area contributed by atoms with Crippen LogP contribution in [0, 0.1) is 11.8 Å². The summed E-state index contributed by atoms with van der Waals surface area (Å²) in [6.45, 7) is 2.25. The van der Waals surface area contributed by atoms with Crippen LogP contribution < -0.4 is 10.6 Å². The first-order chi connectivity index (χ1) is 12.1. The third kappa shape index (κ3) is 3.96. The van der Waals surface area contributed by atoms with Crippen molar-refractivity contribution in [2.45, 2.75) is 38.8 Å². The van der Waals surface area contributed by atoms with Crippen LogP contribution in [0.25, 0.3) is 0 Å². The smallest absolute Gasteiger partial charge is 0.319 e. The molecule has 0 radical (unpaired) electrons. The van der Waals surface area contributed by atoms with Crippen LogP contribution in [0.15, 0.2) is 41.6 Å². The maximum atomic E-state index is 12.2. The van der Waals surface area contributed by atoms with Crippen molar-refractivity contribution in [2.75, 3.05) is 5.32 Å². The Morgan fingerprint density at radius 3 is 2.92 bits per heavy atom. The lowest BCUT2D eigenvalue weighted by Crippen LogP contribution is -2.29. The molecule has 2 amide bonds. The molecule has 130 valence electrons. The Balaban J connectivity index is 1.66. The van der Waals surface area contributed by atoms with Crippen molar-refractivity contribution in [2.24, 2.45) is 5.18 Å². The number of aryl methyl sites for hydroxylation is 2. The average Bonchev–Trinajstić information content (AvgIpc) is 2.61. The SMILES string of the molecule is Cc1cc(O)ccc1CNC(=O)Nc1cccc2c1CC(N=O)CC2. The highest BCUT2D eigenvalue weighted by Crippen LogP contribution is 2.29. The molecule has 1 atom stereocenters. The first-order valence-corrected chi connectivity index (χ1v) is 8.33. The van der Waals surface area contributed by atoms with E-state index in [2.05, 4.69) is 15.8 Å². The predicted molar refractivity (Wildman–Crippen MR) is 96.8 cm³/mol. The van der Waals surface area contributed by atoms with Gasteiger partial charge < -0.3 is 15.7 Å². The summed E-state index contributed by atoms with van der Waals surface area (Å²) in [7, 11) is 0. The van der Waals surface area contributed by atoms with Crippen LogP contribution in [-0.4, -0.2) is 17.2 Å². The molecule has 0 aromatic heterocycles. The van der Waals surface area contributed by atoms with E-state index in [1.807, 2.05) is 25.1 Å². The zero-order valence-corrected chi connectivity index (χ0v) is 14.1. The maximum absolute atomic E-state index is 12.2. The Bertz CT molecular complexity index is 804. The highest BCUT2D eigenvalue weighted by Gasteiger charge is 2.22. The predicted octanol–water partition coefficient (Wildman–Crippen LogP) is 3.65. The molecule has 6 heteroatoms. The van der Waals surface area contributed by atoms with Crippen LogP contribution in [-0.2, 0) is 19.4 Å². The molecule has 1 aliphatic rings. The number of phenolic OH excluding ortho intramolecular Hbond substituents is 1. The summed E-state index contributed by atoms with van der Waals surface area (Å²) in [6, 6.07) is 10.3. The number of aromatic hydroxyl groups is 1. The minimum absolute atomic E-state index is 0.208. The zero-order chi connectivity index (χ0) is 17.8. The molecule has 25 heavy (non-hydrogen) atoms. The summed E-state index contributed by atoms with van der Waals surface area (Å²) in [5, 5.41) is 18.3. The Labute approximate surface area is 146 Å². The van der Waals surface area contributed by atoms with Crippen LogP contribution in [0.1, 0.15) is 28.7 Å². The molecular formula is C19H21N3O3. The van der Waals surface area contributed by atoms with Gasteiger partial charge in [-0.15, -0.1) is 0 Å². The van der Waals surface area contributed by atoms with E-state index in [9.17, 15) is 14.8 Å². The standard InChI is InChI=1S/C19H21N3O3/c1-12-9-16(23)8-6-14(12)11-20-19(24)21-18-4-2-3-13-5-7-15(22-25)10-17(13)18/h2-4,6,8-9,15,23H,5,7,10-11H2,1H3,(H2,20,21,24). The summed E-state index contributed by atoms with van der Waals surface area (Å²) in [5.74, 6) is 0.208. The number of nitroso groups, excluding NO2 is 1. The number of amides is 2. The van der Waals surface area contributed by atoms with Crippen molar-refractivity contribution in [3.8, 4) is 5.75 Å². The van der Waals surface area contributed by atoms with E-state index in [1.165, 1.54) is 0 Å². The second-order valence-electron chi connectivity index (χ2n) is 6.36. The molecule has 0 fully saturated rings. The molecule has 0 heterocycles. The number of carbonyl (C=O) groups excluding carboxylic acids is 1. The van der Waals surface area contributed by atoms with Crippen LogP contribution in [0.3, 0.4) is 0 Å². The third-order valence-electron chi connectivity index (χ3n) is 4.62. The second kappa shape index (κ2) is 7.34. The van der Waals surface area contributed by atoms with Gasteiger partial charge in [-0.1, -0.05) is 23.4 Å². The van der Waals surface area contributed by atoms with Gasteiger partial charge in [0.15, 0.2) is 0 Å². The van der Waals surface area contributed by atoms with Crippen molar-refractivity contribution in [1.29, 1.82) is 0 Å². The molecule has 6 nitrogen and oxygen atoms in total. The van der Waals surface area contributed by atoms with Gasteiger partial charge in [0.05, 0.1) is 6.04 Å². The largest absolute Gasteiger partial charge is 0.508 e.